The van der Waals surface area contributed by atoms with E-state index < -0.39 is 26.5 Å². The predicted octanol–water partition coefficient (Wildman–Crippen LogP) is -0.544. The minimum Gasteiger partial charge on any atom is -0.393 e. The topological polar surface area (TPSA) is 144 Å². The van der Waals surface area contributed by atoms with Crippen molar-refractivity contribution in [3.8, 4) is 0 Å². The number of amides is 1. The van der Waals surface area contributed by atoms with E-state index in [0.717, 1.165) is 0 Å². The Kier molecular flexibility index (Phi) is 5.00. The number of sulfonamides is 1. The first-order valence-electron chi connectivity index (χ1n) is 5.51. The van der Waals surface area contributed by atoms with Gasteiger partial charge in [0.2, 0.25) is 10.0 Å². The Hall–Kier alpha value is -2.20. The summed E-state index contributed by atoms with van der Waals surface area (Å²) in [5, 5.41) is 13.2. The first-order chi connectivity index (χ1) is 9.28. The van der Waals surface area contributed by atoms with Gasteiger partial charge >= 0.3 is 5.69 Å². The molecule has 0 unspecified atom stereocenters. The van der Waals surface area contributed by atoms with E-state index >= 15 is 0 Å². The number of hydrogen-bond donors (Lipinski definition) is 3. The molecule has 0 bridgehead atoms. The van der Waals surface area contributed by atoms with Gasteiger partial charge in [0.25, 0.3) is 5.91 Å². The second kappa shape index (κ2) is 6.30. The van der Waals surface area contributed by atoms with Crippen LogP contribution in [0.3, 0.4) is 0 Å². The van der Waals surface area contributed by atoms with Gasteiger partial charge < -0.3 is 11.1 Å². The molecule has 1 rings (SSSR count). The van der Waals surface area contributed by atoms with Crippen LogP contribution in [0.2, 0.25) is 0 Å². The zero-order chi connectivity index (χ0) is 15.3. The molecule has 0 aliphatic carbocycles. The van der Waals surface area contributed by atoms with E-state index in [-0.39, 0.29) is 23.5 Å². The van der Waals surface area contributed by atoms with Crippen molar-refractivity contribution in [2.24, 2.45) is 0 Å². The number of benzene rings is 1. The summed E-state index contributed by atoms with van der Waals surface area (Å²) >= 11 is 0. The van der Waals surface area contributed by atoms with Gasteiger partial charge in [-0.25, -0.2) is 13.1 Å². The van der Waals surface area contributed by atoms with Crippen LogP contribution in [0.4, 0.5) is 11.4 Å². The number of nitro groups is 1. The normalized spacial score (nSPS) is 11.1. The molecule has 4 N–H and O–H groups in total. The van der Waals surface area contributed by atoms with E-state index in [1.54, 1.807) is 0 Å². The highest BCUT2D eigenvalue weighted by atomic mass is 32.2. The zero-order valence-corrected chi connectivity index (χ0v) is 11.4. The monoisotopic (exact) mass is 302 g/mol. The zero-order valence-electron chi connectivity index (χ0n) is 10.6. The SMILES string of the molecule is CNS(=O)(=O)CCNC(=O)c1cccc(N)c1[N+](=O)[O-]. The smallest absolute Gasteiger partial charge is 0.304 e. The maximum Gasteiger partial charge on any atom is 0.304 e. The Balaban J connectivity index is 2.84. The van der Waals surface area contributed by atoms with Crippen molar-refractivity contribution in [2.75, 3.05) is 25.1 Å². The highest BCUT2D eigenvalue weighted by Crippen LogP contribution is 2.25. The van der Waals surface area contributed by atoms with Gasteiger partial charge in [-0.2, -0.15) is 0 Å². The lowest BCUT2D eigenvalue weighted by molar-refractivity contribution is -0.384. The molecule has 0 aliphatic rings. The van der Waals surface area contributed by atoms with Crippen LogP contribution < -0.4 is 15.8 Å². The van der Waals surface area contributed by atoms with Gasteiger partial charge in [-0.3, -0.25) is 14.9 Å². The Labute approximate surface area is 115 Å². The second-order valence-electron chi connectivity index (χ2n) is 3.78. The summed E-state index contributed by atoms with van der Waals surface area (Å²) in [7, 11) is -2.21. The molecular formula is C10H14N4O5S. The lowest BCUT2D eigenvalue weighted by Crippen LogP contribution is -2.33. The number of carbonyl (C=O) groups is 1. The maximum atomic E-state index is 11.8. The molecular weight excluding hydrogens is 288 g/mol. The molecule has 110 valence electrons. The van der Waals surface area contributed by atoms with Gasteiger partial charge in [-0.15, -0.1) is 0 Å². The molecule has 0 fully saturated rings. The average Bonchev–Trinajstić information content (AvgIpc) is 2.37. The van der Waals surface area contributed by atoms with E-state index in [1.807, 2.05) is 0 Å². The fourth-order valence-corrected chi connectivity index (χ4v) is 2.02. The Bertz CT molecular complexity index is 629. The summed E-state index contributed by atoms with van der Waals surface area (Å²) in [6, 6.07) is 3.96. The number of nitrogens with two attached hydrogens (primary N) is 1. The first kappa shape index (κ1) is 15.9. The van der Waals surface area contributed by atoms with Gasteiger partial charge in [0.1, 0.15) is 11.3 Å². The van der Waals surface area contributed by atoms with Crippen LogP contribution in [0.5, 0.6) is 0 Å². The van der Waals surface area contributed by atoms with E-state index in [1.165, 1.54) is 25.2 Å². The maximum absolute atomic E-state index is 11.8. The lowest BCUT2D eigenvalue weighted by Gasteiger charge is -2.07. The van der Waals surface area contributed by atoms with Crippen molar-refractivity contribution in [2.45, 2.75) is 0 Å². The number of nitrogens with one attached hydrogen (secondary N) is 2. The van der Waals surface area contributed by atoms with Crippen LogP contribution >= 0.6 is 0 Å². The second-order valence-corrected chi connectivity index (χ2v) is 5.83. The largest absolute Gasteiger partial charge is 0.393 e. The summed E-state index contributed by atoms with van der Waals surface area (Å²) in [5.74, 6) is -1.08. The number of nitrogen functional groups attached to an aromatic ring is 1. The van der Waals surface area contributed by atoms with Gasteiger partial charge in [-0.1, -0.05) is 6.07 Å². The number of nitro benzene ring substituents is 1. The standard InChI is InChI=1S/C10H14N4O5S/c1-12-20(18,19)6-5-13-10(15)7-3-2-4-8(11)9(7)14(16)17/h2-4,12H,5-6,11H2,1H3,(H,13,15). The average molecular weight is 302 g/mol. The summed E-state index contributed by atoms with van der Waals surface area (Å²) in [6.07, 6.45) is 0. The molecule has 0 radical (unpaired) electrons. The van der Waals surface area contributed by atoms with Crippen LogP contribution in [0.1, 0.15) is 10.4 Å². The predicted molar refractivity (Wildman–Crippen MR) is 72.7 cm³/mol. The Morgan fingerprint density at radius 2 is 2.10 bits per heavy atom. The highest BCUT2D eigenvalue weighted by molar-refractivity contribution is 7.89. The first-order valence-corrected chi connectivity index (χ1v) is 7.16. The Morgan fingerprint density at radius 3 is 2.65 bits per heavy atom. The van der Waals surface area contributed by atoms with Crippen LogP contribution in [-0.4, -0.2) is 38.6 Å². The number of carbonyl (C=O) groups excluding carboxylic acids is 1. The van der Waals surface area contributed by atoms with Crippen molar-refractivity contribution in [1.29, 1.82) is 0 Å². The van der Waals surface area contributed by atoms with Crippen molar-refractivity contribution in [3.05, 3.63) is 33.9 Å². The molecule has 0 aliphatic heterocycles. The summed E-state index contributed by atoms with van der Waals surface area (Å²) in [4.78, 5) is 21.9. The minimum absolute atomic E-state index is 0.134. The number of hydrogen-bond acceptors (Lipinski definition) is 6. The molecule has 0 spiro atoms. The van der Waals surface area contributed by atoms with E-state index in [2.05, 4.69) is 10.0 Å². The quantitative estimate of drug-likeness (QED) is 0.365. The van der Waals surface area contributed by atoms with Gasteiger partial charge in [0.05, 0.1) is 10.7 Å². The molecule has 0 atom stereocenters. The summed E-state index contributed by atoms with van der Waals surface area (Å²) in [6.45, 7) is -0.173. The van der Waals surface area contributed by atoms with Crippen LogP contribution in [0, 0.1) is 10.1 Å². The molecule has 9 nitrogen and oxygen atoms in total. The van der Waals surface area contributed by atoms with Crippen LogP contribution in [0.25, 0.3) is 0 Å². The minimum atomic E-state index is -3.46. The lowest BCUT2D eigenvalue weighted by atomic mass is 10.1. The molecule has 0 saturated carbocycles. The number of rotatable bonds is 6. The molecule has 0 aromatic heterocycles. The van der Waals surface area contributed by atoms with Gasteiger partial charge in [0.15, 0.2) is 0 Å². The van der Waals surface area contributed by atoms with Gasteiger partial charge in [-0.05, 0) is 19.2 Å². The Morgan fingerprint density at radius 1 is 1.45 bits per heavy atom. The molecule has 1 aromatic carbocycles. The fraction of sp³-hybridized carbons (Fsp3) is 0.300. The molecule has 0 saturated heterocycles. The van der Waals surface area contributed by atoms with E-state index in [0.29, 0.717) is 0 Å². The summed E-state index contributed by atoms with van der Waals surface area (Å²) < 4.78 is 24.4. The van der Waals surface area contributed by atoms with Crippen molar-refractivity contribution < 1.29 is 18.1 Å². The molecule has 1 amide bonds. The molecule has 1 aromatic rings. The van der Waals surface area contributed by atoms with Crippen LogP contribution in [0.15, 0.2) is 18.2 Å². The molecule has 0 heterocycles. The van der Waals surface area contributed by atoms with E-state index in [4.69, 9.17) is 5.73 Å². The van der Waals surface area contributed by atoms with Crippen molar-refractivity contribution in [3.63, 3.8) is 0 Å². The van der Waals surface area contributed by atoms with E-state index in [9.17, 15) is 23.3 Å². The fourth-order valence-electron chi connectivity index (χ4n) is 1.44. The number of nitrogens with zero attached hydrogens (tertiary/aromatic N) is 1. The molecule has 10 heteroatoms. The third-order valence-corrected chi connectivity index (χ3v) is 3.83. The number of anilines is 1. The summed E-state index contributed by atoms with van der Waals surface area (Å²) in [5.41, 5.74) is 4.61. The van der Waals surface area contributed by atoms with Gasteiger partial charge in [0, 0.05) is 6.54 Å². The highest BCUT2D eigenvalue weighted by Gasteiger charge is 2.23. The van der Waals surface area contributed by atoms with Crippen molar-refractivity contribution in [1.82, 2.24) is 10.0 Å². The third-order valence-electron chi connectivity index (χ3n) is 2.46. The third kappa shape index (κ3) is 3.90. The van der Waals surface area contributed by atoms with Crippen LogP contribution in [-0.2, 0) is 10.0 Å². The van der Waals surface area contributed by atoms with Crippen molar-refractivity contribution >= 4 is 27.3 Å². The molecule has 20 heavy (non-hydrogen) atoms. The number of para-hydroxylation sites is 1.